The molecule has 0 aliphatic heterocycles. The van der Waals surface area contributed by atoms with Gasteiger partial charge in [0.05, 0.1) is 12.2 Å². The molecule has 0 saturated heterocycles. The average molecular weight is 507 g/mol. The maximum absolute atomic E-state index is 11.6. The zero-order valence-corrected chi connectivity index (χ0v) is 23.4. The van der Waals surface area contributed by atoms with Crippen molar-refractivity contribution in [1.82, 2.24) is 0 Å². The Balaban J connectivity index is 2.00. The zero-order chi connectivity index (χ0) is 27.4. The molecule has 0 heterocycles. The highest BCUT2D eigenvalue weighted by molar-refractivity contribution is 5.89. The molecule has 0 aromatic heterocycles. The van der Waals surface area contributed by atoms with E-state index < -0.39 is 12.1 Å². The number of hydrogen-bond donors (Lipinski definition) is 2. The van der Waals surface area contributed by atoms with E-state index in [4.69, 9.17) is 9.47 Å². The molecule has 0 bridgehead atoms. The SMILES string of the molecule is CCOCCOc1cc(C(O)C#Cc2ccc(C(=O)O)c(CC(C)C)c2)cc2c1C(C)(C)CCC2(C)C. The van der Waals surface area contributed by atoms with Crippen LogP contribution in [-0.4, -0.2) is 36.0 Å². The fourth-order valence-electron chi connectivity index (χ4n) is 5.10. The third kappa shape index (κ3) is 6.94. The minimum Gasteiger partial charge on any atom is -0.491 e. The van der Waals surface area contributed by atoms with E-state index >= 15 is 0 Å². The van der Waals surface area contributed by atoms with Crippen LogP contribution in [0, 0.1) is 17.8 Å². The van der Waals surface area contributed by atoms with E-state index in [9.17, 15) is 15.0 Å². The van der Waals surface area contributed by atoms with Gasteiger partial charge in [0.25, 0.3) is 0 Å². The summed E-state index contributed by atoms with van der Waals surface area (Å²) in [4.78, 5) is 11.6. The third-order valence-electron chi connectivity index (χ3n) is 7.23. The second-order valence-electron chi connectivity index (χ2n) is 11.7. The van der Waals surface area contributed by atoms with Crippen LogP contribution in [0.5, 0.6) is 5.75 Å². The van der Waals surface area contributed by atoms with E-state index in [1.54, 1.807) is 12.1 Å². The van der Waals surface area contributed by atoms with Crippen LogP contribution in [-0.2, 0) is 22.0 Å². The van der Waals surface area contributed by atoms with Gasteiger partial charge >= 0.3 is 5.97 Å². The second-order valence-corrected chi connectivity index (χ2v) is 11.7. The normalized spacial score (nSPS) is 16.5. The number of hydrogen-bond acceptors (Lipinski definition) is 4. The molecule has 0 spiro atoms. The molecule has 2 aromatic rings. The van der Waals surface area contributed by atoms with Crippen molar-refractivity contribution in [2.45, 2.75) is 84.7 Å². The first-order valence-corrected chi connectivity index (χ1v) is 13.3. The van der Waals surface area contributed by atoms with Gasteiger partial charge in [0.15, 0.2) is 0 Å². The molecule has 37 heavy (non-hydrogen) atoms. The molecule has 5 heteroatoms. The Morgan fingerprint density at radius 3 is 2.41 bits per heavy atom. The van der Waals surface area contributed by atoms with Crippen LogP contribution in [0.15, 0.2) is 30.3 Å². The number of aliphatic hydroxyl groups is 1. The minimum absolute atomic E-state index is 0.0420. The number of aliphatic hydroxyl groups excluding tert-OH is 1. The minimum atomic E-state index is -1.01. The van der Waals surface area contributed by atoms with Crippen molar-refractivity contribution in [2.24, 2.45) is 5.92 Å². The van der Waals surface area contributed by atoms with Gasteiger partial charge in [-0.3, -0.25) is 0 Å². The van der Waals surface area contributed by atoms with Gasteiger partial charge in [-0.1, -0.05) is 59.4 Å². The monoisotopic (exact) mass is 506 g/mol. The lowest BCUT2D eigenvalue weighted by Crippen LogP contribution is -2.34. The topological polar surface area (TPSA) is 76.0 Å². The van der Waals surface area contributed by atoms with Crippen molar-refractivity contribution in [2.75, 3.05) is 19.8 Å². The van der Waals surface area contributed by atoms with Gasteiger partial charge in [-0.2, -0.15) is 0 Å². The first-order valence-electron chi connectivity index (χ1n) is 13.3. The Morgan fingerprint density at radius 2 is 1.76 bits per heavy atom. The summed E-state index contributed by atoms with van der Waals surface area (Å²) in [7, 11) is 0. The molecule has 2 N–H and O–H groups in total. The van der Waals surface area contributed by atoms with Crippen LogP contribution in [0.3, 0.4) is 0 Å². The van der Waals surface area contributed by atoms with Crippen LogP contribution < -0.4 is 4.74 Å². The first-order chi connectivity index (χ1) is 17.4. The number of carboxylic acids is 1. The fourth-order valence-corrected chi connectivity index (χ4v) is 5.10. The predicted octanol–water partition coefficient (Wildman–Crippen LogP) is 6.43. The molecular formula is C32H42O5. The van der Waals surface area contributed by atoms with E-state index in [1.165, 1.54) is 11.1 Å². The molecule has 0 radical (unpaired) electrons. The number of aromatic carboxylic acids is 1. The Hall–Kier alpha value is -2.81. The molecule has 3 rings (SSSR count). The third-order valence-corrected chi connectivity index (χ3v) is 7.23. The van der Waals surface area contributed by atoms with E-state index in [2.05, 4.69) is 59.4 Å². The summed E-state index contributed by atoms with van der Waals surface area (Å²) in [6.07, 6.45) is 1.75. The lowest BCUT2D eigenvalue weighted by molar-refractivity contribution is 0.0695. The van der Waals surface area contributed by atoms with Crippen LogP contribution >= 0.6 is 0 Å². The molecule has 1 unspecified atom stereocenters. The smallest absolute Gasteiger partial charge is 0.335 e. The lowest BCUT2D eigenvalue weighted by Gasteiger charge is -2.43. The number of ether oxygens (including phenoxy) is 2. The molecule has 200 valence electrons. The van der Waals surface area contributed by atoms with Gasteiger partial charge in [-0.05, 0) is 83.9 Å². The van der Waals surface area contributed by atoms with Gasteiger partial charge in [0, 0.05) is 17.7 Å². The summed E-state index contributed by atoms with van der Waals surface area (Å²) >= 11 is 0. The standard InChI is InChI=1S/C32H42O5/c1-8-36-15-16-37-28-20-24(19-26-29(28)32(6,7)14-13-31(26,4)5)27(33)12-10-22-9-11-25(30(34)35)23(18-22)17-21(2)3/h9,11,18-21,27,33H,8,13-17H2,1-7H3,(H,34,35). The molecule has 1 aliphatic carbocycles. The summed E-state index contributed by atoms with van der Waals surface area (Å²) in [5.74, 6) is 6.21. The summed E-state index contributed by atoms with van der Waals surface area (Å²) in [5.41, 5.74) is 4.75. The van der Waals surface area contributed by atoms with Crippen LogP contribution in [0.2, 0.25) is 0 Å². The van der Waals surface area contributed by atoms with Gasteiger partial charge < -0.3 is 19.7 Å². The number of carbonyl (C=O) groups is 1. The fraction of sp³-hybridized carbons (Fsp3) is 0.531. The lowest BCUT2D eigenvalue weighted by atomic mass is 9.62. The van der Waals surface area contributed by atoms with E-state index in [1.807, 2.05) is 19.1 Å². The number of fused-ring (bicyclic) bond motifs is 1. The van der Waals surface area contributed by atoms with Crippen molar-refractivity contribution >= 4 is 5.97 Å². The number of benzene rings is 2. The number of carboxylic acid groups (broad SMARTS) is 1. The highest BCUT2D eigenvalue weighted by atomic mass is 16.5. The van der Waals surface area contributed by atoms with Crippen LogP contribution in [0.1, 0.15) is 106 Å². The summed E-state index contributed by atoms with van der Waals surface area (Å²) in [6.45, 7) is 16.7. The van der Waals surface area contributed by atoms with E-state index in [0.29, 0.717) is 48.8 Å². The van der Waals surface area contributed by atoms with Gasteiger partial charge in [-0.15, -0.1) is 0 Å². The number of rotatable bonds is 9. The summed E-state index contributed by atoms with van der Waals surface area (Å²) in [5, 5.41) is 20.7. The van der Waals surface area contributed by atoms with Gasteiger partial charge in [0.2, 0.25) is 0 Å². The average Bonchev–Trinajstić information content (AvgIpc) is 2.82. The summed E-state index contributed by atoms with van der Waals surface area (Å²) < 4.78 is 11.7. The molecule has 1 atom stereocenters. The van der Waals surface area contributed by atoms with Crippen molar-refractivity contribution in [3.05, 3.63) is 63.7 Å². The summed E-state index contributed by atoms with van der Waals surface area (Å²) in [6, 6.07) is 9.13. The molecule has 0 amide bonds. The van der Waals surface area contributed by atoms with Crippen molar-refractivity contribution in [1.29, 1.82) is 0 Å². The van der Waals surface area contributed by atoms with Crippen molar-refractivity contribution in [3.63, 3.8) is 0 Å². The Kier molecular flexibility index (Phi) is 9.10. The Bertz CT molecular complexity index is 1180. The van der Waals surface area contributed by atoms with Crippen molar-refractivity contribution in [3.8, 4) is 17.6 Å². The molecular weight excluding hydrogens is 464 g/mol. The van der Waals surface area contributed by atoms with Gasteiger partial charge in [0.1, 0.15) is 18.5 Å². The molecule has 0 fully saturated rings. The quantitative estimate of drug-likeness (QED) is 0.303. The largest absolute Gasteiger partial charge is 0.491 e. The van der Waals surface area contributed by atoms with Gasteiger partial charge in [-0.25, -0.2) is 4.79 Å². The molecule has 5 nitrogen and oxygen atoms in total. The van der Waals surface area contributed by atoms with Crippen LogP contribution in [0.25, 0.3) is 0 Å². The predicted molar refractivity (Wildman–Crippen MR) is 147 cm³/mol. The first kappa shape index (κ1) is 28.8. The molecule has 1 aliphatic rings. The second kappa shape index (κ2) is 11.7. The van der Waals surface area contributed by atoms with Crippen molar-refractivity contribution < 1.29 is 24.5 Å². The Labute approximate surface area is 222 Å². The van der Waals surface area contributed by atoms with E-state index in [0.717, 1.165) is 24.2 Å². The highest BCUT2D eigenvalue weighted by Crippen LogP contribution is 2.50. The maximum Gasteiger partial charge on any atom is 0.335 e. The van der Waals surface area contributed by atoms with Crippen LogP contribution in [0.4, 0.5) is 0 Å². The Morgan fingerprint density at radius 1 is 1.05 bits per heavy atom. The molecule has 2 aromatic carbocycles. The zero-order valence-electron chi connectivity index (χ0n) is 23.4. The molecule has 0 saturated carbocycles. The maximum atomic E-state index is 11.6. The van der Waals surface area contributed by atoms with E-state index in [-0.39, 0.29) is 10.8 Å². The highest BCUT2D eigenvalue weighted by Gasteiger charge is 2.40.